The van der Waals surface area contributed by atoms with Crippen LogP contribution in [0.25, 0.3) is 0 Å². The monoisotopic (exact) mass is 228 g/mol. The Kier molecular flexibility index (Phi) is 5.28. The fraction of sp³-hybridized carbons (Fsp3) is 0.833. The highest BCUT2D eigenvalue weighted by Gasteiger charge is 2.12. The van der Waals surface area contributed by atoms with E-state index in [2.05, 4.69) is 0 Å². The Labute approximate surface area is 96.5 Å². The van der Waals surface area contributed by atoms with E-state index in [1.807, 2.05) is 12.2 Å². The summed E-state index contributed by atoms with van der Waals surface area (Å²) in [6.07, 6.45) is 7.59. The van der Waals surface area contributed by atoms with E-state index in [9.17, 15) is 0 Å². The second kappa shape index (κ2) is 7.01. The van der Waals surface area contributed by atoms with E-state index >= 15 is 0 Å². The van der Waals surface area contributed by atoms with E-state index in [1.54, 1.807) is 0 Å². The molecule has 0 aromatic heterocycles. The molecule has 0 radical (unpaired) electrons. The molecule has 0 aromatic carbocycles. The largest absolute Gasteiger partial charge is 0.349 e. The van der Waals surface area contributed by atoms with Crippen LogP contribution in [0.15, 0.2) is 12.2 Å². The summed E-state index contributed by atoms with van der Waals surface area (Å²) < 4.78 is 22.0. The van der Waals surface area contributed by atoms with Gasteiger partial charge in [0.1, 0.15) is 0 Å². The van der Waals surface area contributed by atoms with E-state index < -0.39 is 0 Å². The summed E-state index contributed by atoms with van der Waals surface area (Å²) in [4.78, 5) is 0. The molecule has 0 N–H and O–H groups in total. The van der Waals surface area contributed by atoms with Crippen LogP contribution in [0.1, 0.15) is 25.7 Å². The zero-order valence-electron chi connectivity index (χ0n) is 9.60. The fourth-order valence-corrected chi connectivity index (χ4v) is 1.71. The Hall–Kier alpha value is -0.420. The zero-order valence-corrected chi connectivity index (χ0v) is 9.60. The van der Waals surface area contributed by atoms with Crippen molar-refractivity contribution in [1.29, 1.82) is 0 Å². The third-order valence-electron chi connectivity index (χ3n) is 2.63. The summed E-state index contributed by atoms with van der Waals surface area (Å²) in [5, 5.41) is 0. The smallest absolute Gasteiger partial charge is 0.176 e. The molecule has 0 atom stereocenters. The third kappa shape index (κ3) is 4.22. The molecule has 2 rings (SSSR count). The maximum Gasteiger partial charge on any atom is 0.176 e. The molecule has 2 aliphatic heterocycles. The number of rotatable bonds is 2. The normalized spacial score (nSPS) is 26.8. The van der Waals surface area contributed by atoms with Gasteiger partial charge in [-0.3, -0.25) is 0 Å². The van der Waals surface area contributed by atoms with Crippen molar-refractivity contribution in [2.24, 2.45) is 0 Å². The van der Waals surface area contributed by atoms with Gasteiger partial charge in [0, 0.05) is 0 Å². The standard InChI is InChI=1S/C12H20O4/c1-2-8-14-11(13-7-1)5-6-12-15-9-3-4-10-16-12/h5-6,11-12H,1-4,7-10H2/b6-5+. The Morgan fingerprint density at radius 3 is 1.19 bits per heavy atom. The highest BCUT2D eigenvalue weighted by molar-refractivity contribution is 4.89. The van der Waals surface area contributed by atoms with Gasteiger partial charge in [0.25, 0.3) is 0 Å². The van der Waals surface area contributed by atoms with Crippen molar-refractivity contribution in [3.63, 3.8) is 0 Å². The van der Waals surface area contributed by atoms with Crippen LogP contribution in [-0.2, 0) is 18.9 Å². The average Bonchev–Trinajstić information content (AvgIpc) is 2.71. The van der Waals surface area contributed by atoms with Gasteiger partial charge in [-0.2, -0.15) is 0 Å². The molecule has 16 heavy (non-hydrogen) atoms. The maximum absolute atomic E-state index is 5.51. The molecule has 0 bridgehead atoms. The summed E-state index contributed by atoms with van der Waals surface area (Å²) in [6.45, 7) is 3.06. The van der Waals surface area contributed by atoms with Crippen LogP contribution in [0, 0.1) is 0 Å². The molecule has 0 unspecified atom stereocenters. The molecule has 2 saturated heterocycles. The van der Waals surface area contributed by atoms with Crippen molar-refractivity contribution in [1.82, 2.24) is 0 Å². The number of hydrogen-bond acceptors (Lipinski definition) is 4. The van der Waals surface area contributed by atoms with Crippen LogP contribution in [0.3, 0.4) is 0 Å². The van der Waals surface area contributed by atoms with Gasteiger partial charge in [-0.1, -0.05) is 0 Å². The molecule has 0 aliphatic carbocycles. The van der Waals surface area contributed by atoms with Crippen LogP contribution in [0.4, 0.5) is 0 Å². The fourth-order valence-electron chi connectivity index (χ4n) is 1.71. The van der Waals surface area contributed by atoms with E-state index in [0.717, 1.165) is 52.1 Å². The van der Waals surface area contributed by atoms with Gasteiger partial charge >= 0.3 is 0 Å². The molecule has 4 nitrogen and oxygen atoms in total. The van der Waals surface area contributed by atoms with Crippen LogP contribution < -0.4 is 0 Å². The lowest BCUT2D eigenvalue weighted by Crippen LogP contribution is -2.16. The first-order chi connectivity index (χ1) is 7.95. The second-order valence-corrected chi connectivity index (χ2v) is 4.02. The summed E-state index contributed by atoms with van der Waals surface area (Å²) in [5.74, 6) is 0. The first-order valence-corrected chi connectivity index (χ1v) is 6.10. The first-order valence-electron chi connectivity index (χ1n) is 6.10. The van der Waals surface area contributed by atoms with E-state index in [0.29, 0.717) is 0 Å². The summed E-state index contributed by atoms with van der Waals surface area (Å²) in [5.41, 5.74) is 0. The predicted molar refractivity (Wildman–Crippen MR) is 59.0 cm³/mol. The van der Waals surface area contributed by atoms with Crippen molar-refractivity contribution in [2.75, 3.05) is 26.4 Å². The summed E-state index contributed by atoms with van der Waals surface area (Å²) in [7, 11) is 0. The summed E-state index contributed by atoms with van der Waals surface area (Å²) in [6, 6.07) is 0. The van der Waals surface area contributed by atoms with Gasteiger partial charge in [0.05, 0.1) is 26.4 Å². The molecule has 0 saturated carbocycles. The number of ether oxygens (including phenoxy) is 4. The molecule has 2 aliphatic rings. The molecule has 92 valence electrons. The second-order valence-electron chi connectivity index (χ2n) is 4.02. The highest BCUT2D eigenvalue weighted by atomic mass is 16.7. The molecule has 2 heterocycles. The molecular weight excluding hydrogens is 208 g/mol. The molecule has 0 spiro atoms. The van der Waals surface area contributed by atoms with Gasteiger partial charge in [0.15, 0.2) is 12.6 Å². The topological polar surface area (TPSA) is 36.9 Å². The predicted octanol–water partition coefficient (Wildman–Crippen LogP) is 1.85. The third-order valence-corrected chi connectivity index (χ3v) is 2.63. The first kappa shape index (κ1) is 12.0. The van der Waals surface area contributed by atoms with Crippen LogP contribution in [0.2, 0.25) is 0 Å². The molecule has 2 fully saturated rings. The van der Waals surface area contributed by atoms with Crippen molar-refractivity contribution in [2.45, 2.75) is 38.3 Å². The van der Waals surface area contributed by atoms with Crippen molar-refractivity contribution >= 4 is 0 Å². The molecule has 4 heteroatoms. The lowest BCUT2D eigenvalue weighted by Gasteiger charge is -2.14. The average molecular weight is 228 g/mol. The number of hydrogen-bond donors (Lipinski definition) is 0. The van der Waals surface area contributed by atoms with Gasteiger partial charge in [-0.15, -0.1) is 0 Å². The zero-order chi connectivity index (χ0) is 11.1. The summed E-state index contributed by atoms with van der Waals surface area (Å²) >= 11 is 0. The van der Waals surface area contributed by atoms with E-state index in [4.69, 9.17) is 18.9 Å². The highest BCUT2D eigenvalue weighted by Crippen LogP contribution is 2.10. The van der Waals surface area contributed by atoms with Gasteiger partial charge in [-0.05, 0) is 37.8 Å². The Bertz CT molecular complexity index is 179. The lowest BCUT2D eigenvalue weighted by atomic mass is 10.3. The minimum absolute atomic E-state index is 0.238. The van der Waals surface area contributed by atoms with Gasteiger partial charge < -0.3 is 18.9 Å². The van der Waals surface area contributed by atoms with E-state index in [1.165, 1.54) is 0 Å². The Morgan fingerprint density at radius 2 is 0.875 bits per heavy atom. The molecule has 0 amide bonds. The van der Waals surface area contributed by atoms with Crippen molar-refractivity contribution in [3.05, 3.63) is 12.2 Å². The van der Waals surface area contributed by atoms with Gasteiger partial charge in [-0.25, -0.2) is 0 Å². The van der Waals surface area contributed by atoms with Crippen molar-refractivity contribution < 1.29 is 18.9 Å². The maximum atomic E-state index is 5.51. The minimum atomic E-state index is -0.238. The minimum Gasteiger partial charge on any atom is -0.349 e. The van der Waals surface area contributed by atoms with Gasteiger partial charge in [0.2, 0.25) is 0 Å². The van der Waals surface area contributed by atoms with Crippen LogP contribution >= 0.6 is 0 Å². The SMILES string of the molecule is C(=C\C1OCCCCO1)/C1OCCCCO1. The van der Waals surface area contributed by atoms with Crippen molar-refractivity contribution in [3.8, 4) is 0 Å². The van der Waals surface area contributed by atoms with Crippen LogP contribution in [-0.4, -0.2) is 39.0 Å². The Morgan fingerprint density at radius 1 is 0.562 bits per heavy atom. The van der Waals surface area contributed by atoms with Crippen LogP contribution in [0.5, 0.6) is 0 Å². The molecular formula is C12H20O4. The lowest BCUT2D eigenvalue weighted by molar-refractivity contribution is -0.104. The quantitative estimate of drug-likeness (QED) is 0.676. The Balaban J connectivity index is 1.76. The molecule has 0 aromatic rings. The van der Waals surface area contributed by atoms with E-state index in [-0.39, 0.29) is 12.6 Å².